The summed E-state index contributed by atoms with van der Waals surface area (Å²) in [5, 5.41) is 8.38. The number of carbonyl (C=O) groups excluding carboxylic acids is 2. The van der Waals surface area contributed by atoms with E-state index in [9.17, 15) is 18.4 Å². The van der Waals surface area contributed by atoms with E-state index < -0.39 is 23.1 Å². The minimum absolute atomic E-state index is 0.0696. The average Bonchev–Trinajstić information content (AvgIpc) is 2.57. The molecule has 0 saturated carbocycles. The predicted molar refractivity (Wildman–Crippen MR) is 86.5 cm³/mol. The lowest BCUT2D eigenvalue weighted by Crippen LogP contribution is -2.35. The molecule has 0 aliphatic carbocycles. The van der Waals surface area contributed by atoms with Crippen LogP contribution in [0.3, 0.4) is 0 Å². The minimum atomic E-state index is -0.904. The molecule has 2 amide bonds. The number of nitrogens with one attached hydrogen (secondary N) is 3. The summed E-state index contributed by atoms with van der Waals surface area (Å²) < 4.78 is 26.9. The molecule has 7 heteroatoms. The van der Waals surface area contributed by atoms with Crippen molar-refractivity contribution >= 4 is 11.8 Å². The molecule has 1 fully saturated rings. The van der Waals surface area contributed by atoms with Gasteiger partial charge in [0.2, 0.25) is 5.91 Å². The number of rotatable bonds is 7. The van der Waals surface area contributed by atoms with E-state index in [0.29, 0.717) is 12.3 Å². The van der Waals surface area contributed by atoms with Crippen molar-refractivity contribution in [1.29, 1.82) is 0 Å². The van der Waals surface area contributed by atoms with Crippen LogP contribution in [0, 0.1) is 17.6 Å². The first-order valence-corrected chi connectivity index (χ1v) is 8.27. The lowest BCUT2D eigenvalue weighted by molar-refractivity contribution is -0.121. The third kappa shape index (κ3) is 5.56. The normalized spacial score (nSPS) is 15.1. The zero-order chi connectivity index (χ0) is 17.4. The highest BCUT2D eigenvalue weighted by molar-refractivity contribution is 5.94. The van der Waals surface area contributed by atoms with Gasteiger partial charge >= 0.3 is 0 Å². The van der Waals surface area contributed by atoms with E-state index in [0.717, 1.165) is 44.5 Å². The quantitative estimate of drug-likeness (QED) is 0.661. The molecule has 0 unspecified atom stereocenters. The van der Waals surface area contributed by atoms with Crippen molar-refractivity contribution in [2.75, 3.05) is 26.2 Å². The van der Waals surface area contributed by atoms with Crippen LogP contribution in [0.1, 0.15) is 36.0 Å². The van der Waals surface area contributed by atoms with Crippen molar-refractivity contribution in [2.45, 2.75) is 25.7 Å². The number of piperidine rings is 1. The summed E-state index contributed by atoms with van der Waals surface area (Å²) >= 11 is 0. The maximum atomic E-state index is 13.4. The molecule has 0 aromatic heterocycles. The summed E-state index contributed by atoms with van der Waals surface area (Å²) in [7, 11) is 0. The van der Waals surface area contributed by atoms with Crippen LogP contribution in [0.15, 0.2) is 18.2 Å². The van der Waals surface area contributed by atoms with Gasteiger partial charge in [-0.25, -0.2) is 8.78 Å². The number of carbonyl (C=O) groups is 2. The Kier molecular flexibility index (Phi) is 7.11. The van der Waals surface area contributed by atoms with Gasteiger partial charge in [0.25, 0.3) is 5.91 Å². The van der Waals surface area contributed by atoms with E-state index in [1.807, 2.05) is 0 Å². The van der Waals surface area contributed by atoms with E-state index in [1.54, 1.807) is 0 Å². The maximum absolute atomic E-state index is 13.4. The molecule has 0 atom stereocenters. The fourth-order valence-electron chi connectivity index (χ4n) is 2.78. The van der Waals surface area contributed by atoms with Gasteiger partial charge in [0, 0.05) is 19.5 Å². The van der Waals surface area contributed by atoms with Crippen molar-refractivity contribution in [1.82, 2.24) is 16.0 Å². The first-order valence-electron chi connectivity index (χ1n) is 8.27. The molecule has 1 heterocycles. The molecular weight excluding hydrogens is 316 g/mol. The van der Waals surface area contributed by atoms with Gasteiger partial charge in [0.1, 0.15) is 17.2 Å². The fraction of sp³-hybridized carbons (Fsp3) is 0.529. The van der Waals surface area contributed by atoms with Crippen molar-refractivity contribution in [2.24, 2.45) is 5.92 Å². The third-order valence-corrected chi connectivity index (χ3v) is 4.16. The van der Waals surface area contributed by atoms with E-state index in [2.05, 4.69) is 16.0 Å². The van der Waals surface area contributed by atoms with E-state index in [1.165, 1.54) is 6.07 Å². The summed E-state index contributed by atoms with van der Waals surface area (Å²) in [6, 6.07) is 3.26. The topological polar surface area (TPSA) is 70.2 Å². The van der Waals surface area contributed by atoms with Crippen LogP contribution < -0.4 is 16.0 Å². The molecular formula is C17H23F2N3O2. The number of amides is 2. The molecule has 5 nitrogen and oxygen atoms in total. The number of hydrogen-bond acceptors (Lipinski definition) is 3. The Labute approximate surface area is 140 Å². The van der Waals surface area contributed by atoms with Crippen LogP contribution in [0.2, 0.25) is 0 Å². The Hall–Kier alpha value is -2.02. The van der Waals surface area contributed by atoms with Gasteiger partial charge in [0.15, 0.2) is 0 Å². The summed E-state index contributed by atoms with van der Waals surface area (Å²) in [5.74, 6) is -2.12. The van der Waals surface area contributed by atoms with Crippen molar-refractivity contribution in [3.05, 3.63) is 35.4 Å². The smallest absolute Gasteiger partial charge is 0.257 e. The lowest BCUT2D eigenvalue weighted by atomic mass is 9.93. The molecule has 1 aliphatic rings. The summed E-state index contributed by atoms with van der Waals surface area (Å²) in [4.78, 5) is 23.5. The molecule has 132 valence electrons. The number of halogens is 2. The highest BCUT2D eigenvalue weighted by Crippen LogP contribution is 2.17. The summed E-state index contributed by atoms with van der Waals surface area (Å²) in [6.45, 7) is 2.36. The predicted octanol–water partition coefficient (Wildman–Crippen LogP) is 1.59. The van der Waals surface area contributed by atoms with Gasteiger partial charge < -0.3 is 16.0 Å². The average molecular weight is 339 g/mol. The molecule has 2 rings (SSSR count). The van der Waals surface area contributed by atoms with Crippen molar-refractivity contribution in [3.8, 4) is 0 Å². The van der Waals surface area contributed by atoms with Gasteiger partial charge in [-0.1, -0.05) is 6.07 Å². The first-order chi connectivity index (χ1) is 11.6. The fourth-order valence-corrected chi connectivity index (χ4v) is 2.78. The van der Waals surface area contributed by atoms with E-state index >= 15 is 0 Å². The highest BCUT2D eigenvalue weighted by atomic mass is 19.1. The molecule has 0 radical (unpaired) electrons. The number of benzene rings is 1. The second kappa shape index (κ2) is 9.32. The van der Waals surface area contributed by atoms with Crippen molar-refractivity contribution < 1.29 is 18.4 Å². The van der Waals surface area contributed by atoms with Gasteiger partial charge in [-0.05, 0) is 50.4 Å². The molecule has 1 saturated heterocycles. The molecule has 0 spiro atoms. The monoisotopic (exact) mass is 339 g/mol. The summed E-state index contributed by atoms with van der Waals surface area (Å²) in [5.41, 5.74) is -0.602. The SMILES string of the molecule is O=C(CCC1CCNCC1)NCCNC(=O)c1c(F)cccc1F. The Bertz CT molecular complexity index is 555. The second-order valence-electron chi connectivity index (χ2n) is 5.93. The third-order valence-electron chi connectivity index (χ3n) is 4.16. The van der Waals surface area contributed by atoms with Gasteiger partial charge in [0.05, 0.1) is 0 Å². The van der Waals surface area contributed by atoms with E-state index in [4.69, 9.17) is 0 Å². The molecule has 24 heavy (non-hydrogen) atoms. The van der Waals surface area contributed by atoms with Crippen LogP contribution in [-0.4, -0.2) is 38.0 Å². The second-order valence-corrected chi connectivity index (χ2v) is 5.93. The first kappa shape index (κ1) is 18.3. The molecule has 0 bridgehead atoms. The standard InChI is InChI=1S/C17H23F2N3O2/c18-13-2-1-3-14(19)16(13)17(24)22-11-10-21-15(23)5-4-12-6-8-20-9-7-12/h1-3,12,20H,4-11H2,(H,21,23)(H,22,24). The van der Waals surface area contributed by atoms with Crippen LogP contribution >= 0.6 is 0 Å². The minimum Gasteiger partial charge on any atom is -0.354 e. The van der Waals surface area contributed by atoms with Crippen LogP contribution in [0.4, 0.5) is 8.78 Å². The van der Waals surface area contributed by atoms with Gasteiger partial charge in [-0.2, -0.15) is 0 Å². The largest absolute Gasteiger partial charge is 0.354 e. The van der Waals surface area contributed by atoms with Crippen LogP contribution in [0.5, 0.6) is 0 Å². The number of hydrogen-bond donors (Lipinski definition) is 3. The molecule has 1 aromatic rings. The molecule has 1 aliphatic heterocycles. The summed E-state index contributed by atoms with van der Waals surface area (Å²) in [6.07, 6.45) is 3.51. The van der Waals surface area contributed by atoms with Crippen LogP contribution in [0.25, 0.3) is 0 Å². The zero-order valence-corrected chi connectivity index (χ0v) is 13.5. The zero-order valence-electron chi connectivity index (χ0n) is 13.5. The molecule has 3 N–H and O–H groups in total. The maximum Gasteiger partial charge on any atom is 0.257 e. The Morgan fingerprint density at radius 2 is 1.71 bits per heavy atom. The Balaban J connectivity index is 1.63. The lowest BCUT2D eigenvalue weighted by Gasteiger charge is -2.22. The highest BCUT2D eigenvalue weighted by Gasteiger charge is 2.17. The van der Waals surface area contributed by atoms with Crippen molar-refractivity contribution in [3.63, 3.8) is 0 Å². The van der Waals surface area contributed by atoms with Gasteiger partial charge in [-0.15, -0.1) is 0 Å². The molecule has 1 aromatic carbocycles. The van der Waals surface area contributed by atoms with E-state index in [-0.39, 0.29) is 19.0 Å². The Morgan fingerprint density at radius 1 is 1.08 bits per heavy atom. The Morgan fingerprint density at radius 3 is 2.38 bits per heavy atom. The van der Waals surface area contributed by atoms with Gasteiger partial charge in [-0.3, -0.25) is 9.59 Å². The van der Waals surface area contributed by atoms with Crippen LogP contribution in [-0.2, 0) is 4.79 Å².